The van der Waals surface area contributed by atoms with Crippen LogP contribution in [0, 0.1) is 5.82 Å². The maximum absolute atomic E-state index is 13.4. The molecule has 5 nitrogen and oxygen atoms in total. The molecule has 0 radical (unpaired) electrons. The second-order valence-electron chi connectivity index (χ2n) is 5.66. The molecule has 1 fully saturated rings. The first-order chi connectivity index (χ1) is 10.6. The first-order valence-electron chi connectivity index (χ1n) is 7.58. The van der Waals surface area contributed by atoms with Gasteiger partial charge in [0.1, 0.15) is 6.61 Å². The van der Waals surface area contributed by atoms with Gasteiger partial charge in [-0.1, -0.05) is 12.1 Å². The van der Waals surface area contributed by atoms with Gasteiger partial charge in [0.2, 0.25) is 0 Å². The minimum atomic E-state index is -0.789. The van der Waals surface area contributed by atoms with Crippen LogP contribution in [0.4, 0.5) is 4.39 Å². The number of aliphatic carboxylic acids is 1. The average Bonchev–Trinajstić information content (AvgIpc) is 2.49. The molecule has 2 rings (SSSR count). The first-order valence-corrected chi connectivity index (χ1v) is 7.58. The van der Waals surface area contributed by atoms with E-state index < -0.39 is 5.97 Å². The second kappa shape index (κ2) is 8.10. The molecule has 0 bridgehead atoms. The molecule has 22 heavy (non-hydrogen) atoms. The third kappa shape index (κ3) is 4.96. The fraction of sp³-hybridized carbons (Fsp3) is 0.562. The van der Waals surface area contributed by atoms with E-state index in [0.717, 1.165) is 32.5 Å². The van der Waals surface area contributed by atoms with Crippen LogP contribution in [0.5, 0.6) is 5.75 Å². The van der Waals surface area contributed by atoms with E-state index in [1.165, 1.54) is 6.07 Å². The summed E-state index contributed by atoms with van der Waals surface area (Å²) in [4.78, 5) is 14.9. The lowest BCUT2D eigenvalue weighted by Crippen LogP contribution is -2.45. The van der Waals surface area contributed by atoms with Gasteiger partial charge in [0.15, 0.2) is 11.6 Å². The Balaban J connectivity index is 1.67. The highest BCUT2D eigenvalue weighted by atomic mass is 19.1. The van der Waals surface area contributed by atoms with Crippen LogP contribution < -0.4 is 4.74 Å². The summed E-state index contributed by atoms with van der Waals surface area (Å²) in [7, 11) is 1.86. The van der Waals surface area contributed by atoms with Crippen molar-refractivity contribution in [2.75, 3.05) is 39.8 Å². The summed E-state index contributed by atoms with van der Waals surface area (Å²) in [6, 6.07) is 6.73. The fourth-order valence-corrected chi connectivity index (χ4v) is 2.77. The largest absolute Gasteiger partial charge is 0.489 e. The maximum Gasteiger partial charge on any atom is 0.317 e. The summed E-state index contributed by atoms with van der Waals surface area (Å²) in [6.07, 6.45) is 1.90. The lowest BCUT2D eigenvalue weighted by Gasteiger charge is -2.36. The van der Waals surface area contributed by atoms with Gasteiger partial charge in [-0.05, 0) is 45.1 Å². The van der Waals surface area contributed by atoms with Gasteiger partial charge in [0.25, 0.3) is 0 Å². The van der Waals surface area contributed by atoms with Gasteiger partial charge < -0.3 is 9.84 Å². The number of benzene rings is 1. The number of rotatable bonds is 7. The van der Waals surface area contributed by atoms with E-state index in [9.17, 15) is 9.18 Å². The molecule has 1 N–H and O–H groups in total. The van der Waals surface area contributed by atoms with Gasteiger partial charge >= 0.3 is 5.97 Å². The van der Waals surface area contributed by atoms with Crippen molar-refractivity contribution in [1.82, 2.24) is 9.80 Å². The van der Waals surface area contributed by atoms with Crippen LogP contribution in [0.3, 0.4) is 0 Å². The van der Waals surface area contributed by atoms with Crippen LogP contribution in [0.2, 0.25) is 0 Å². The number of carboxylic acids is 1. The number of carboxylic acid groups (broad SMARTS) is 1. The summed E-state index contributed by atoms with van der Waals surface area (Å²) >= 11 is 0. The van der Waals surface area contributed by atoms with E-state index in [1.54, 1.807) is 18.2 Å². The van der Waals surface area contributed by atoms with Crippen molar-refractivity contribution < 1.29 is 19.0 Å². The normalized spacial score (nSPS) is 16.9. The minimum absolute atomic E-state index is 0.0844. The number of hydrogen-bond acceptors (Lipinski definition) is 4. The van der Waals surface area contributed by atoms with E-state index in [4.69, 9.17) is 9.84 Å². The molecular weight excluding hydrogens is 287 g/mol. The predicted octanol–water partition coefficient (Wildman–Crippen LogP) is 1.69. The summed E-state index contributed by atoms with van der Waals surface area (Å²) in [6.45, 7) is 3.12. The Hall–Kier alpha value is -1.66. The molecule has 0 amide bonds. The zero-order chi connectivity index (χ0) is 15.9. The Bertz CT molecular complexity index is 490. The number of carbonyl (C=O) groups is 1. The third-order valence-electron chi connectivity index (χ3n) is 4.07. The number of likely N-dealkylation sites (tertiary alicyclic amines) is 1. The number of hydrogen-bond donors (Lipinski definition) is 1. The van der Waals surface area contributed by atoms with Gasteiger partial charge in [-0.2, -0.15) is 0 Å². The number of likely N-dealkylation sites (N-methyl/N-ethyl adjacent to an activating group) is 1. The van der Waals surface area contributed by atoms with Gasteiger partial charge in [-0.3, -0.25) is 14.6 Å². The van der Waals surface area contributed by atoms with E-state index in [-0.39, 0.29) is 12.4 Å². The van der Waals surface area contributed by atoms with Crippen molar-refractivity contribution in [3.63, 3.8) is 0 Å². The van der Waals surface area contributed by atoms with Crippen LogP contribution in [-0.4, -0.2) is 66.8 Å². The van der Waals surface area contributed by atoms with Crippen molar-refractivity contribution in [1.29, 1.82) is 0 Å². The maximum atomic E-state index is 13.4. The van der Waals surface area contributed by atoms with Crippen LogP contribution in [0.25, 0.3) is 0 Å². The predicted molar refractivity (Wildman–Crippen MR) is 81.6 cm³/mol. The highest BCUT2D eigenvalue weighted by Crippen LogP contribution is 2.17. The van der Waals surface area contributed by atoms with Gasteiger partial charge in [0.05, 0.1) is 6.54 Å². The number of nitrogens with zero attached hydrogens (tertiary/aromatic N) is 2. The van der Waals surface area contributed by atoms with Crippen molar-refractivity contribution in [2.24, 2.45) is 0 Å². The molecule has 0 saturated carbocycles. The van der Waals surface area contributed by atoms with E-state index in [1.807, 2.05) is 11.9 Å². The quantitative estimate of drug-likeness (QED) is 0.830. The molecule has 1 aromatic rings. The fourth-order valence-electron chi connectivity index (χ4n) is 2.77. The van der Waals surface area contributed by atoms with E-state index in [0.29, 0.717) is 18.4 Å². The lowest BCUT2D eigenvalue weighted by molar-refractivity contribution is -0.138. The van der Waals surface area contributed by atoms with Crippen molar-refractivity contribution in [2.45, 2.75) is 18.9 Å². The molecule has 1 aliphatic heterocycles. The number of ether oxygens (including phenoxy) is 1. The average molecular weight is 310 g/mol. The lowest BCUT2D eigenvalue weighted by atomic mass is 10.0. The molecule has 0 spiro atoms. The number of piperidine rings is 1. The van der Waals surface area contributed by atoms with Crippen LogP contribution >= 0.6 is 0 Å². The second-order valence-corrected chi connectivity index (χ2v) is 5.66. The van der Waals surface area contributed by atoms with Gasteiger partial charge in [-0.15, -0.1) is 0 Å². The highest BCUT2D eigenvalue weighted by molar-refractivity contribution is 5.69. The summed E-state index contributed by atoms with van der Waals surface area (Å²) in [5, 5.41) is 8.81. The topological polar surface area (TPSA) is 53.0 Å². The molecule has 0 atom stereocenters. The monoisotopic (exact) mass is 310 g/mol. The van der Waals surface area contributed by atoms with Gasteiger partial charge in [-0.25, -0.2) is 4.39 Å². The standard InChI is InChI=1S/C16H23FN2O3/c1-18(12-16(20)21)13-6-8-19(9-7-13)10-11-22-15-5-3-2-4-14(15)17/h2-5,13H,6-12H2,1H3,(H,20,21). The SMILES string of the molecule is CN(CC(=O)O)C1CCN(CCOc2ccccc2F)CC1. The molecule has 1 aromatic carbocycles. The van der Waals surface area contributed by atoms with Crippen LogP contribution in [0.15, 0.2) is 24.3 Å². The van der Waals surface area contributed by atoms with Crippen molar-refractivity contribution in [3.8, 4) is 5.75 Å². The first kappa shape index (κ1) is 16.7. The molecule has 1 aliphatic rings. The van der Waals surface area contributed by atoms with E-state index >= 15 is 0 Å². The van der Waals surface area contributed by atoms with Crippen LogP contribution in [-0.2, 0) is 4.79 Å². The number of halogens is 1. The summed E-state index contributed by atoms with van der Waals surface area (Å²) in [5.74, 6) is -0.835. The Kier molecular flexibility index (Phi) is 6.15. The summed E-state index contributed by atoms with van der Waals surface area (Å²) < 4.78 is 18.9. The molecule has 0 aliphatic carbocycles. The molecule has 0 aromatic heterocycles. The zero-order valence-electron chi connectivity index (χ0n) is 12.9. The summed E-state index contributed by atoms with van der Waals surface area (Å²) in [5.41, 5.74) is 0. The van der Waals surface area contributed by atoms with Gasteiger partial charge in [0, 0.05) is 12.6 Å². The molecular formula is C16H23FN2O3. The Morgan fingerprint density at radius 1 is 1.41 bits per heavy atom. The van der Waals surface area contributed by atoms with E-state index in [2.05, 4.69) is 4.90 Å². The van der Waals surface area contributed by atoms with Crippen molar-refractivity contribution in [3.05, 3.63) is 30.1 Å². The third-order valence-corrected chi connectivity index (χ3v) is 4.07. The van der Waals surface area contributed by atoms with Crippen LogP contribution in [0.1, 0.15) is 12.8 Å². The Labute approximate surface area is 130 Å². The van der Waals surface area contributed by atoms with Crippen molar-refractivity contribution >= 4 is 5.97 Å². The minimum Gasteiger partial charge on any atom is -0.489 e. The number of para-hydroxylation sites is 1. The molecule has 122 valence electrons. The molecule has 1 saturated heterocycles. The molecule has 0 unspecified atom stereocenters. The Morgan fingerprint density at radius 3 is 2.73 bits per heavy atom. The molecule has 6 heteroatoms. The smallest absolute Gasteiger partial charge is 0.317 e. The Morgan fingerprint density at radius 2 is 2.09 bits per heavy atom. The zero-order valence-corrected chi connectivity index (χ0v) is 12.9. The highest BCUT2D eigenvalue weighted by Gasteiger charge is 2.23. The molecule has 1 heterocycles.